The number of carbonyl (C=O) groups excluding carboxylic acids is 1. The molecule has 1 atom stereocenters. The zero-order chi connectivity index (χ0) is 17.7. The molecule has 2 heterocycles. The van der Waals surface area contributed by atoms with Gasteiger partial charge in [-0.15, -0.1) is 10.2 Å². The van der Waals surface area contributed by atoms with Crippen molar-refractivity contribution >= 4 is 5.91 Å². The summed E-state index contributed by atoms with van der Waals surface area (Å²) in [6.45, 7) is 4.72. The number of amides is 1. The summed E-state index contributed by atoms with van der Waals surface area (Å²) in [6.07, 6.45) is 8.21. The van der Waals surface area contributed by atoms with Crippen molar-refractivity contribution in [2.75, 3.05) is 13.1 Å². The maximum Gasteiger partial charge on any atom is 0.253 e. The number of hydrogen-bond acceptors (Lipinski definition) is 3. The molecular weight excluding hydrogens is 324 g/mol. The van der Waals surface area contributed by atoms with E-state index >= 15 is 0 Å². The van der Waals surface area contributed by atoms with E-state index in [1.807, 2.05) is 37.5 Å². The van der Waals surface area contributed by atoms with Crippen LogP contribution in [-0.2, 0) is 6.54 Å². The summed E-state index contributed by atoms with van der Waals surface area (Å²) in [5.74, 6) is 2.40. The number of aryl methyl sites for hydroxylation is 1. The fourth-order valence-corrected chi connectivity index (χ4v) is 4.83. The van der Waals surface area contributed by atoms with Crippen LogP contribution in [0, 0.1) is 18.3 Å². The Hall–Kier alpha value is -2.17. The highest BCUT2D eigenvalue weighted by atomic mass is 16.2. The van der Waals surface area contributed by atoms with E-state index in [4.69, 9.17) is 0 Å². The average molecular weight is 350 g/mol. The molecule has 3 fully saturated rings. The van der Waals surface area contributed by atoms with Crippen LogP contribution < -0.4 is 0 Å². The lowest BCUT2D eigenvalue weighted by molar-refractivity contribution is 0.0723. The third-order valence-electron chi connectivity index (χ3n) is 6.66. The Bertz CT molecular complexity index is 834. The number of hydrogen-bond donors (Lipinski definition) is 0. The molecule has 26 heavy (non-hydrogen) atoms. The number of likely N-dealkylation sites (tertiary alicyclic amines) is 1. The van der Waals surface area contributed by atoms with Gasteiger partial charge < -0.3 is 9.47 Å². The number of nitrogens with zero attached hydrogens (tertiary/aromatic N) is 4. The lowest BCUT2D eigenvalue weighted by Gasteiger charge is -2.42. The highest BCUT2D eigenvalue weighted by molar-refractivity contribution is 5.94. The van der Waals surface area contributed by atoms with Crippen molar-refractivity contribution in [3.8, 4) is 0 Å². The number of rotatable bonds is 4. The maximum atomic E-state index is 13.1. The minimum absolute atomic E-state index is 0.163. The van der Waals surface area contributed by atoms with Crippen molar-refractivity contribution in [3.05, 3.63) is 47.5 Å². The normalized spacial score (nSPS) is 24.0. The Balaban J connectivity index is 1.42. The fraction of sp³-hybridized carbons (Fsp3) is 0.571. The quantitative estimate of drug-likeness (QED) is 0.849. The van der Waals surface area contributed by atoms with E-state index in [1.165, 1.54) is 32.1 Å². The number of benzene rings is 1. The van der Waals surface area contributed by atoms with Crippen LogP contribution in [0.3, 0.4) is 0 Å². The zero-order valence-corrected chi connectivity index (χ0v) is 15.4. The van der Waals surface area contributed by atoms with Crippen molar-refractivity contribution in [1.29, 1.82) is 0 Å². The lowest BCUT2D eigenvalue weighted by Crippen LogP contribution is -2.38. The fourth-order valence-electron chi connectivity index (χ4n) is 4.83. The van der Waals surface area contributed by atoms with Crippen LogP contribution in [0.5, 0.6) is 0 Å². The van der Waals surface area contributed by atoms with Gasteiger partial charge >= 0.3 is 0 Å². The zero-order valence-electron chi connectivity index (χ0n) is 15.4. The van der Waals surface area contributed by atoms with E-state index in [0.717, 1.165) is 42.5 Å². The van der Waals surface area contributed by atoms with Crippen LogP contribution in [0.1, 0.15) is 59.8 Å². The number of aromatic nitrogens is 3. The van der Waals surface area contributed by atoms with Crippen LogP contribution in [0.25, 0.3) is 0 Å². The van der Waals surface area contributed by atoms with E-state index in [0.29, 0.717) is 5.92 Å². The van der Waals surface area contributed by atoms with Crippen LogP contribution in [0.15, 0.2) is 30.6 Å². The monoisotopic (exact) mass is 350 g/mol. The average Bonchev–Trinajstić information content (AvgIpc) is 3.15. The molecule has 1 saturated heterocycles. The lowest BCUT2D eigenvalue weighted by atomic mass is 9.62. The molecule has 1 aromatic heterocycles. The van der Waals surface area contributed by atoms with Gasteiger partial charge in [0, 0.05) is 31.1 Å². The van der Waals surface area contributed by atoms with Gasteiger partial charge in [0.1, 0.15) is 12.2 Å². The highest BCUT2D eigenvalue weighted by Gasteiger charge is 2.53. The number of carbonyl (C=O) groups is 1. The Morgan fingerprint density at radius 2 is 2.15 bits per heavy atom. The molecule has 0 radical (unpaired) electrons. The summed E-state index contributed by atoms with van der Waals surface area (Å²) in [5.41, 5.74) is 2.15. The van der Waals surface area contributed by atoms with Gasteiger partial charge in [0.15, 0.2) is 0 Å². The van der Waals surface area contributed by atoms with Crippen molar-refractivity contribution in [1.82, 2.24) is 19.7 Å². The molecule has 2 aromatic rings. The molecular formula is C21H26N4O. The SMILES string of the molecule is Cc1cccc(C(=O)N2CC(c3nncn3CC3CC3)C3(CCC3)C2)c1. The summed E-state index contributed by atoms with van der Waals surface area (Å²) in [4.78, 5) is 15.2. The van der Waals surface area contributed by atoms with Crippen molar-refractivity contribution in [2.24, 2.45) is 11.3 Å². The molecule has 1 aliphatic heterocycles. The van der Waals surface area contributed by atoms with Crippen molar-refractivity contribution in [3.63, 3.8) is 0 Å². The predicted octanol–water partition coefficient (Wildman–Crippen LogP) is 3.41. The molecule has 1 amide bonds. The molecule has 2 aliphatic carbocycles. The summed E-state index contributed by atoms with van der Waals surface area (Å²) < 4.78 is 2.27. The molecule has 1 aromatic carbocycles. The molecule has 3 aliphatic rings. The molecule has 0 N–H and O–H groups in total. The molecule has 5 nitrogen and oxygen atoms in total. The van der Waals surface area contributed by atoms with E-state index in [2.05, 4.69) is 19.7 Å². The van der Waals surface area contributed by atoms with Crippen molar-refractivity contribution in [2.45, 2.75) is 51.5 Å². The van der Waals surface area contributed by atoms with E-state index in [1.54, 1.807) is 0 Å². The molecule has 1 unspecified atom stereocenters. The minimum atomic E-state index is 0.163. The largest absolute Gasteiger partial charge is 0.337 e. The van der Waals surface area contributed by atoms with Gasteiger partial charge in [0.25, 0.3) is 5.91 Å². The first-order valence-electron chi connectivity index (χ1n) is 9.88. The summed E-state index contributed by atoms with van der Waals surface area (Å²) in [6, 6.07) is 7.95. The Morgan fingerprint density at radius 1 is 1.31 bits per heavy atom. The Kier molecular flexibility index (Phi) is 3.66. The molecule has 5 rings (SSSR count). The van der Waals surface area contributed by atoms with Gasteiger partial charge in [0.05, 0.1) is 0 Å². The minimum Gasteiger partial charge on any atom is -0.337 e. The second kappa shape index (κ2) is 5.93. The van der Waals surface area contributed by atoms with Crippen LogP contribution in [-0.4, -0.2) is 38.7 Å². The smallest absolute Gasteiger partial charge is 0.253 e. The first kappa shape index (κ1) is 16.0. The maximum absolute atomic E-state index is 13.1. The van der Waals surface area contributed by atoms with E-state index in [9.17, 15) is 4.79 Å². The van der Waals surface area contributed by atoms with Gasteiger partial charge in [-0.25, -0.2) is 0 Å². The molecule has 1 spiro atoms. The van der Waals surface area contributed by atoms with Crippen molar-refractivity contribution < 1.29 is 4.79 Å². The first-order valence-corrected chi connectivity index (χ1v) is 9.88. The standard InChI is InChI=1S/C21H26N4O/c1-15-4-2-5-17(10-15)20(26)24-12-18(21(13-24)8-3-9-21)19-23-22-14-25(19)11-16-6-7-16/h2,4-5,10,14,16,18H,3,6-9,11-13H2,1H3. The van der Waals surface area contributed by atoms with Crippen LogP contribution >= 0.6 is 0 Å². The summed E-state index contributed by atoms with van der Waals surface area (Å²) in [7, 11) is 0. The predicted molar refractivity (Wildman–Crippen MR) is 98.9 cm³/mol. The summed E-state index contributed by atoms with van der Waals surface area (Å²) >= 11 is 0. The second-order valence-corrected chi connectivity index (χ2v) is 8.61. The van der Waals surface area contributed by atoms with Gasteiger partial charge in [-0.2, -0.15) is 0 Å². The topological polar surface area (TPSA) is 51.0 Å². The third kappa shape index (κ3) is 2.65. The molecule has 5 heteroatoms. The molecule has 2 saturated carbocycles. The van der Waals surface area contributed by atoms with Gasteiger partial charge in [0.2, 0.25) is 0 Å². The second-order valence-electron chi connectivity index (χ2n) is 8.61. The Labute approximate surface area is 154 Å². The highest BCUT2D eigenvalue weighted by Crippen LogP contribution is 2.55. The van der Waals surface area contributed by atoms with Crippen LogP contribution in [0.2, 0.25) is 0 Å². The van der Waals surface area contributed by atoms with Gasteiger partial charge in [-0.3, -0.25) is 4.79 Å². The van der Waals surface area contributed by atoms with Gasteiger partial charge in [-0.05, 0) is 56.1 Å². The van der Waals surface area contributed by atoms with E-state index in [-0.39, 0.29) is 11.3 Å². The third-order valence-corrected chi connectivity index (χ3v) is 6.66. The van der Waals surface area contributed by atoms with Gasteiger partial charge in [-0.1, -0.05) is 24.1 Å². The first-order chi connectivity index (χ1) is 12.6. The summed E-state index contributed by atoms with van der Waals surface area (Å²) in [5, 5.41) is 8.73. The van der Waals surface area contributed by atoms with E-state index < -0.39 is 0 Å². The Morgan fingerprint density at radius 3 is 2.85 bits per heavy atom. The van der Waals surface area contributed by atoms with Crippen LogP contribution in [0.4, 0.5) is 0 Å². The molecule has 0 bridgehead atoms. The molecule has 136 valence electrons.